The second-order valence-corrected chi connectivity index (χ2v) is 6.92. The van der Waals surface area contributed by atoms with Gasteiger partial charge in [-0.15, -0.1) is 0 Å². The molecule has 0 fully saturated rings. The molecule has 0 aromatic heterocycles. The summed E-state index contributed by atoms with van der Waals surface area (Å²) in [4.78, 5) is 0.0250. The lowest BCUT2D eigenvalue weighted by atomic mass is 10.2. The first kappa shape index (κ1) is 17.1. The monoisotopic (exact) mass is 338 g/mol. The zero-order valence-corrected chi connectivity index (χ0v) is 13.9. The van der Waals surface area contributed by atoms with Crippen LogP contribution < -0.4 is 14.8 Å². The molecule has 2 aromatic rings. The highest BCUT2D eigenvalue weighted by Gasteiger charge is 2.19. The van der Waals surface area contributed by atoms with Gasteiger partial charge < -0.3 is 10.1 Å². The van der Waals surface area contributed by atoms with Gasteiger partial charge >= 0.3 is 0 Å². The molecule has 0 spiro atoms. The molecule has 2 N–H and O–H groups in total. The first-order valence-corrected chi connectivity index (χ1v) is 8.53. The van der Waals surface area contributed by atoms with Crippen LogP contribution in [0.25, 0.3) is 0 Å². The average molecular weight is 338 g/mol. The second-order valence-electron chi connectivity index (χ2n) is 5.24. The lowest BCUT2D eigenvalue weighted by Gasteiger charge is -2.17. The average Bonchev–Trinajstić information content (AvgIpc) is 2.50. The van der Waals surface area contributed by atoms with E-state index >= 15 is 0 Å². The minimum atomic E-state index is -3.90. The number of hydrogen-bond donors (Lipinski definition) is 2. The summed E-state index contributed by atoms with van der Waals surface area (Å²) in [5.41, 5.74) is 0.286. The molecule has 2 rings (SSSR count). The molecule has 124 valence electrons. The van der Waals surface area contributed by atoms with Crippen molar-refractivity contribution in [1.29, 1.82) is 0 Å². The Morgan fingerprint density at radius 1 is 1.09 bits per heavy atom. The Labute approximate surface area is 135 Å². The number of methoxy groups -OCH3 is 1. The molecule has 0 amide bonds. The van der Waals surface area contributed by atoms with Gasteiger partial charge in [-0.25, -0.2) is 12.8 Å². The SMILES string of the molecule is COc1ccc(S(=O)(=O)Nc2c(F)cccc2NC(C)C)cc1. The predicted octanol–water partition coefficient (Wildman–Crippen LogP) is 3.46. The van der Waals surface area contributed by atoms with Gasteiger partial charge in [-0.05, 0) is 50.2 Å². The number of nitrogens with one attached hydrogen (secondary N) is 2. The van der Waals surface area contributed by atoms with Gasteiger partial charge in [0.25, 0.3) is 10.0 Å². The first-order valence-electron chi connectivity index (χ1n) is 7.05. The quantitative estimate of drug-likeness (QED) is 0.846. The van der Waals surface area contributed by atoms with Gasteiger partial charge in [0.05, 0.1) is 17.7 Å². The summed E-state index contributed by atoms with van der Waals surface area (Å²) in [6.07, 6.45) is 0. The predicted molar refractivity (Wildman–Crippen MR) is 89.0 cm³/mol. The van der Waals surface area contributed by atoms with Crippen molar-refractivity contribution < 1.29 is 17.5 Å². The lowest BCUT2D eigenvalue weighted by molar-refractivity contribution is 0.414. The Hall–Kier alpha value is -2.28. The molecule has 0 heterocycles. The molecule has 5 nitrogen and oxygen atoms in total. The van der Waals surface area contributed by atoms with Crippen molar-refractivity contribution in [3.05, 3.63) is 48.3 Å². The summed E-state index contributed by atoms with van der Waals surface area (Å²) in [5.74, 6) is -0.107. The van der Waals surface area contributed by atoms with E-state index in [0.717, 1.165) is 0 Å². The molecule has 0 unspecified atom stereocenters. The van der Waals surface area contributed by atoms with Crippen LogP contribution in [-0.4, -0.2) is 21.6 Å². The lowest BCUT2D eigenvalue weighted by Crippen LogP contribution is -2.17. The maximum Gasteiger partial charge on any atom is 0.262 e. The maximum absolute atomic E-state index is 14.1. The third kappa shape index (κ3) is 4.13. The van der Waals surface area contributed by atoms with Crippen LogP contribution in [0.2, 0.25) is 0 Å². The number of benzene rings is 2. The molecule has 0 aliphatic heterocycles. The summed E-state index contributed by atoms with van der Waals surface area (Å²) >= 11 is 0. The van der Waals surface area contributed by atoms with E-state index in [4.69, 9.17) is 4.74 Å². The highest BCUT2D eigenvalue weighted by molar-refractivity contribution is 7.92. The molecule has 0 aliphatic carbocycles. The fourth-order valence-electron chi connectivity index (χ4n) is 2.01. The molecule has 0 radical (unpaired) electrons. The van der Waals surface area contributed by atoms with Crippen LogP contribution in [0.4, 0.5) is 15.8 Å². The van der Waals surface area contributed by atoms with Crippen LogP contribution in [0.1, 0.15) is 13.8 Å². The van der Waals surface area contributed by atoms with E-state index < -0.39 is 15.8 Å². The van der Waals surface area contributed by atoms with E-state index in [9.17, 15) is 12.8 Å². The highest BCUT2D eigenvalue weighted by atomic mass is 32.2. The van der Waals surface area contributed by atoms with Crippen molar-refractivity contribution in [2.45, 2.75) is 24.8 Å². The van der Waals surface area contributed by atoms with Crippen LogP contribution in [0.15, 0.2) is 47.4 Å². The molecule has 23 heavy (non-hydrogen) atoms. The van der Waals surface area contributed by atoms with Crippen LogP contribution in [0.5, 0.6) is 5.75 Å². The smallest absolute Gasteiger partial charge is 0.262 e. The molecule has 0 saturated heterocycles. The Balaban J connectivity index is 2.36. The van der Waals surface area contributed by atoms with Crippen LogP contribution in [0, 0.1) is 5.82 Å². The van der Waals surface area contributed by atoms with Crippen molar-refractivity contribution in [2.24, 2.45) is 0 Å². The standard InChI is InChI=1S/C16H19FN2O3S/c1-11(2)18-15-6-4-5-14(17)16(15)19-23(20,21)13-9-7-12(22-3)8-10-13/h4-11,18-19H,1-3H3. The van der Waals surface area contributed by atoms with Crippen molar-refractivity contribution in [3.63, 3.8) is 0 Å². The fraction of sp³-hybridized carbons (Fsp3) is 0.250. The number of hydrogen-bond acceptors (Lipinski definition) is 4. The third-order valence-electron chi connectivity index (χ3n) is 3.06. The summed E-state index contributed by atoms with van der Waals surface area (Å²) in [7, 11) is -2.41. The summed E-state index contributed by atoms with van der Waals surface area (Å²) in [6, 6.07) is 10.2. The number of halogens is 1. The van der Waals surface area contributed by atoms with Crippen molar-refractivity contribution in [2.75, 3.05) is 17.1 Å². The van der Waals surface area contributed by atoms with Gasteiger partial charge in [-0.1, -0.05) is 6.07 Å². The van der Waals surface area contributed by atoms with Crippen molar-refractivity contribution in [1.82, 2.24) is 0 Å². The number of sulfonamides is 1. The Morgan fingerprint density at radius 2 is 1.74 bits per heavy atom. The molecule has 0 saturated carbocycles. The van der Waals surface area contributed by atoms with Crippen LogP contribution >= 0.6 is 0 Å². The van der Waals surface area contributed by atoms with E-state index in [2.05, 4.69) is 10.0 Å². The molecule has 0 atom stereocenters. The number of anilines is 2. The fourth-order valence-corrected chi connectivity index (χ4v) is 3.10. The molecular weight excluding hydrogens is 319 g/mol. The second kappa shape index (κ2) is 6.87. The highest BCUT2D eigenvalue weighted by Crippen LogP contribution is 2.28. The van der Waals surface area contributed by atoms with E-state index in [0.29, 0.717) is 11.4 Å². The summed E-state index contributed by atoms with van der Waals surface area (Å²) in [5, 5.41) is 3.02. The van der Waals surface area contributed by atoms with E-state index in [-0.39, 0.29) is 16.6 Å². The molecule has 7 heteroatoms. The molecule has 0 bridgehead atoms. The minimum Gasteiger partial charge on any atom is -0.497 e. The molecule has 0 aliphatic rings. The van der Waals surface area contributed by atoms with Crippen LogP contribution in [0.3, 0.4) is 0 Å². The Kier molecular flexibility index (Phi) is 5.10. The molecular formula is C16H19FN2O3S. The van der Waals surface area contributed by atoms with Crippen molar-refractivity contribution >= 4 is 21.4 Å². The zero-order valence-electron chi connectivity index (χ0n) is 13.1. The van der Waals surface area contributed by atoms with Gasteiger partial charge in [0.2, 0.25) is 0 Å². The number of para-hydroxylation sites is 1. The third-order valence-corrected chi connectivity index (χ3v) is 4.43. The van der Waals surface area contributed by atoms with Gasteiger partial charge in [0.15, 0.2) is 0 Å². The zero-order chi connectivity index (χ0) is 17.0. The van der Waals surface area contributed by atoms with E-state index in [1.807, 2.05) is 13.8 Å². The largest absolute Gasteiger partial charge is 0.497 e. The van der Waals surface area contributed by atoms with Gasteiger partial charge in [0.1, 0.15) is 17.3 Å². The van der Waals surface area contributed by atoms with E-state index in [1.165, 1.54) is 43.5 Å². The Bertz CT molecular complexity index is 774. The number of ether oxygens (including phenoxy) is 1. The molecule has 2 aromatic carbocycles. The normalized spacial score (nSPS) is 11.3. The Morgan fingerprint density at radius 3 is 2.30 bits per heavy atom. The summed E-state index contributed by atoms with van der Waals surface area (Å²) < 4.78 is 46.3. The first-order chi connectivity index (χ1) is 10.8. The van der Waals surface area contributed by atoms with Crippen molar-refractivity contribution in [3.8, 4) is 5.75 Å². The van der Waals surface area contributed by atoms with Gasteiger partial charge in [0, 0.05) is 6.04 Å². The van der Waals surface area contributed by atoms with Crippen LogP contribution in [-0.2, 0) is 10.0 Å². The maximum atomic E-state index is 14.1. The summed E-state index contributed by atoms with van der Waals surface area (Å²) in [6.45, 7) is 3.76. The topological polar surface area (TPSA) is 67.4 Å². The minimum absolute atomic E-state index is 0.0250. The van der Waals surface area contributed by atoms with Gasteiger partial charge in [-0.2, -0.15) is 0 Å². The van der Waals surface area contributed by atoms with Gasteiger partial charge in [-0.3, -0.25) is 4.72 Å². The number of rotatable bonds is 6. The van der Waals surface area contributed by atoms with E-state index in [1.54, 1.807) is 6.07 Å².